The molecule has 0 spiro atoms. The van der Waals surface area contributed by atoms with Crippen LogP contribution in [0.1, 0.15) is 5.69 Å². The van der Waals surface area contributed by atoms with Crippen LogP contribution < -0.4 is 0 Å². The molecule has 19 heavy (non-hydrogen) atoms. The van der Waals surface area contributed by atoms with Crippen molar-refractivity contribution in [2.75, 3.05) is 0 Å². The van der Waals surface area contributed by atoms with Gasteiger partial charge in [-0.1, -0.05) is 36.4 Å². The van der Waals surface area contributed by atoms with E-state index >= 15 is 0 Å². The molecule has 0 aliphatic carbocycles. The minimum absolute atomic E-state index is 0.305. The first kappa shape index (κ1) is 12.0. The lowest BCUT2D eigenvalue weighted by Crippen LogP contribution is -2.13. The maximum absolute atomic E-state index is 12.7. The van der Waals surface area contributed by atoms with Gasteiger partial charge in [0.15, 0.2) is 0 Å². The van der Waals surface area contributed by atoms with E-state index in [0.717, 1.165) is 5.39 Å². The summed E-state index contributed by atoms with van der Waals surface area (Å²) in [6.07, 6.45) is 0. The number of hydrogen-bond acceptors (Lipinski definition) is 2. The first-order chi connectivity index (χ1) is 9.10. The Labute approximate surface area is 112 Å². The SMILES string of the molecule is Cc1cc2ccccc2n1S(=O)(=O)c1ccccc1. The Hall–Kier alpha value is -2.07. The van der Waals surface area contributed by atoms with Crippen LogP contribution in [0.3, 0.4) is 0 Å². The topological polar surface area (TPSA) is 39.1 Å². The van der Waals surface area contributed by atoms with Crippen molar-refractivity contribution >= 4 is 20.9 Å². The average Bonchev–Trinajstić information content (AvgIpc) is 2.76. The van der Waals surface area contributed by atoms with Crippen LogP contribution in [0.25, 0.3) is 10.9 Å². The van der Waals surface area contributed by atoms with Crippen molar-refractivity contribution in [1.82, 2.24) is 3.97 Å². The van der Waals surface area contributed by atoms with Crippen LogP contribution in [-0.2, 0) is 10.0 Å². The number of para-hydroxylation sites is 1. The van der Waals surface area contributed by atoms with Crippen LogP contribution >= 0.6 is 0 Å². The molecule has 3 nitrogen and oxygen atoms in total. The van der Waals surface area contributed by atoms with Crippen molar-refractivity contribution in [2.24, 2.45) is 0 Å². The smallest absolute Gasteiger partial charge is 0.238 e. The Morgan fingerprint density at radius 3 is 2.26 bits per heavy atom. The molecule has 0 atom stereocenters. The number of benzene rings is 2. The minimum atomic E-state index is -3.54. The molecule has 0 aliphatic rings. The van der Waals surface area contributed by atoms with Gasteiger partial charge in [0.2, 0.25) is 0 Å². The first-order valence-corrected chi connectivity index (χ1v) is 7.42. The molecule has 0 saturated heterocycles. The zero-order valence-corrected chi connectivity index (χ0v) is 11.3. The second kappa shape index (κ2) is 4.24. The molecule has 0 radical (unpaired) electrons. The second-order valence-electron chi connectivity index (χ2n) is 4.43. The van der Waals surface area contributed by atoms with Gasteiger partial charge in [-0.2, -0.15) is 0 Å². The summed E-state index contributed by atoms with van der Waals surface area (Å²) in [5.41, 5.74) is 1.42. The van der Waals surface area contributed by atoms with E-state index in [1.165, 1.54) is 3.97 Å². The number of aryl methyl sites for hydroxylation is 1. The van der Waals surface area contributed by atoms with E-state index in [4.69, 9.17) is 0 Å². The largest absolute Gasteiger partial charge is 0.268 e. The van der Waals surface area contributed by atoms with E-state index in [9.17, 15) is 8.42 Å². The lowest BCUT2D eigenvalue weighted by molar-refractivity contribution is 0.588. The van der Waals surface area contributed by atoms with Gasteiger partial charge in [0, 0.05) is 11.1 Å². The third-order valence-corrected chi connectivity index (χ3v) is 4.95. The summed E-state index contributed by atoms with van der Waals surface area (Å²) in [7, 11) is -3.54. The molecule has 1 aromatic heterocycles. The van der Waals surface area contributed by atoms with Crippen LogP contribution in [0.15, 0.2) is 65.6 Å². The molecule has 0 bridgehead atoms. The molecule has 96 valence electrons. The average molecular weight is 271 g/mol. The van der Waals surface area contributed by atoms with Gasteiger partial charge in [0.1, 0.15) is 0 Å². The molecule has 3 aromatic rings. The van der Waals surface area contributed by atoms with E-state index in [-0.39, 0.29) is 0 Å². The summed E-state index contributed by atoms with van der Waals surface area (Å²) in [4.78, 5) is 0.305. The fourth-order valence-electron chi connectivity index (χ4n) is 2.29. The molecule has 0 N–H and O–H groups in total. The molecular weight excluding hydrogens is 258 g/mol. The Kier molecular flexibility index (Phi) is 2.68. The van der Waals surface area contributed by atoms with Gasteiger partial charge >= 0.3 is 0 Å². The van der Waals surface area contributed by atoms with Crippen molar-refractivity contribution in [2.45, 2.75) is 11.8 Å². The van der Waals surface area contributed by atoms with Gasteiger partial charge in [-0.25, -0.2) is 12.4 Å². The van der Waals surface area contributed by atoms with Gasteiger partial charge < -0.3 is 0 Å². The number of hydrogen-bond donors (Lipinski definition) is 0. The Balaban J connectivity index is 2.34. The van der Waals surface area contributed by atoms with Crippen LogP contribution in [0.5, 0.6) is 0 Å². The van der Waals surface area contributed by atoms with E-state index in [1.54, 1.807) is 37.3 Å². The zero-order valence-electron chi connectivity index (χ0n) is 10.4. The van der Waals surface area contributed by atoms with E-state index in [0.29, 0.717) is 16.1 Å². The summed E-state index contributed by atoms with van der Waals surface area (Å²) >= 11 is 0. The van der Waals surface area contributed by atoms with E-state index in [1.807, 2.05) is 30.3 Å². The maximum atomic E-state index is 12.7. The Morgan fingerprint density at radius 1 is 0.895 bits per heavy atom. The van der Waals surface area contributed by atoms with Gasteiger partial charge in [-0.15, -0.1) is 0 Å². The van der Waals surface area contributed by atoms with Gasteiger partial charge in [-0.3, -0.25) is 0 Å². The minimum Gasteiger partial charge on any atom is -0.238 e. The zero-order chi connectivity index (χ0) is 13.5. The van der Waals surface area contributed by atoms with Crippen LogP contribution in [0.2, 0.25) is 0 Å². The first-order valence-electron chi connectivity index (χ1n) is 5.98. The lowest BCUT2D eigenvalue weighted by Gasteiger charge is -2.09. The Morgan fingerprint density at radius 2 is 1.53 bits per heavy atom. The normalized spacial score (nSPS) is 11.8. The fourth-order valence-corrected chi connectivity index (χ4v) is 3.85. The second-order valence-corrected chi connectivity index (χ2v) is 6.21. The Bertz CT molecular complexity index is 833. The number of fused-ring (bicyclic) bond motifs is 1. The predicted octanol–water partition coefficient (Wildman–Crippen LogP) is 3.19. The molecule has 1 heterocycles. The summed E-state index contributed by atoms with van der Waals surface area (Å²) in [5.74, 6) is 0. The van der Waals surface area contributed by atoms with Crippen molar-refractivity contribution < 1.29 is 8.42 Å². The molecule has 2 aromatic carbocycles. The highest BCUT2D eigenvalue weighted by molar-refractivity contribution is 7.90. The molecule has 0 saturated carbocycles. The quantitative estimate of drug-likeness (QED) is 0.718. The molecular formula is C15H13NO2S. The monoisotopic (exact) mass is 271 g/mol. The highest BCUT2D eigenvalue weighted by atomic mass is 32.2. The third-order valence-electron chi connectivity index (χ3n) is 3.12. The molecule has 0 aliphatic heterocycles. The summed E-state index contributed by atoms with van der Waals surface area (Å²) in [6.45, 7) is 1.81. The summed E-state index contributed by atoms with van der Waals surface area (Å²) in [5, 5.41) is 0.930. The number of nitrogens with zero attached hydrogens (tertiary/aromatic N) is 1. The summed E-state index contributed by atoms with van der Waals surface area (Å²) < 4.78 is 26.8. The third kappa shape index (κ3) is 1.85. The highest BCUT2D eigenvalue weighted by Gasteiger charge is 2.20. The number of rotatable bonds is 2. The molecule has 0 amide bonds. The van der Waals surface area contributed by atoms with Crippen molar-refractivity contribution in [3.05, 3.63) is 66.4 Å². The molecule has 4 heteroatoms. The maximum Gasteiger partial charge on any atom is 0.268 e. The van der Waals surface area contributed by atoms with Crippen molar-refractivity contribution in [1.29, 1.82) is 0 Å². The highest BCUT2D eigenvalue weighted by Crippen LogP contribution is 2.24. The fraction of sp³-hybridized carbons (Fsp3) is 0.0667. The van der Waals surface area contributed by atoms with Gasteiger partial charge in [-0.05, 0) is 31.2 Å². The van der Waals surface area contributed by atoms with Gasteiger partial charge in [0.25, 0.3) is 10.0 Å². The summed E-state index contributed by atoms with van der Waals surface area (Å²) in [6, 6.07) is 17.9. The van der Waals surface area contributed by atoms with Crippen LogP contribution in [-0.4, -0.2) is 12.4 Å². The molecule has 3 rings (SSSR count). The van der Waals surface area contributed by atoms with Crippen LogP contribution in [0, 0.1) is 6.92 Å². The van der Waals surface area contributed by atoms with E-state index < -0.39 is 10.0 Å². The van der Waals surface area contributed by atoms with E-state index in [2.05, 4.69) is 0 Å². The number of aromatic nitrogens is 1. The molecule has 0 fully saturated rings. The predicted molar refractivity (Wildman–Crippen MR) is 75.7 cm³/mol. The lowest BCUT2D eigenvalue weighted by atomic mass is 10.2. The van der Waals surface area contributed by atoms with Crippen LogP contribution in [0.4, 0.5) is 0 Å². The molecule has 0 unspecified atom stereocenters. The van der Waals surface area contributed by atoms with Crippen molar-refractivity contribution in [3.63, 3.8) is 0 Å². The standard InChI is InChI=1S/C15H13NO2S/c1-12-11-13-7-5-6-10-15(13)16(12)19(17,18)14-8-3-2-4-9-14/h2-11H,1H3. The van der Waals surface area contributed by atoms with Crippen molar-refractivity contribution in [3.8, 4) is 0 Å². The van der Waals surface area contributed by atoms with Gasteiger partial charge in [0.05, 0.1) is 10.4 Å².